The zero-order chi connectivity index (χ0) is 18.1. The molecule has 9 heteroatoms. The van der Waals surface area contributed by atoms with Crippen LogP contribution in [0.25, 0.3) is 0 Å². The molecule has 0 unspecified atom stereocenters. The number of ether oxygens (including phenoxy) is 2. The normalized spacial score (nSPS) is 10.8. The molecule has 0 amide bonds. The lowest BCUT2D eigenvalue weighted by Gasteiger charge is -2.12. The third-order valence-electron chi connectivity index (χ3n) is 3.70. The molecule has 0 aliphatic carbocycles. The highest BCUT2D eigenvalue weighted by molar-refractivity contribution is 14.0. The highest BCUT2D eigenvalue weighted by atomic mass is 127. The summed E-state index contributed by atoms with van der Waals surface area (Å²) in [7, 11) is 3.28. The van der Waals surface area contributed by atoms with Crippen LogP contribution in [0, 0.1) is 0 Å². The number of rotatable bonds is 8. The number of nitrogens with one attached hydrogen (secondary N) is 2. The van der Waals surface area contributed by atoms with Crippen molar-refractivity contribution in [3.05, 3.63) is 35.9 Å². The maximum atomic E-state index is 5.42. The van der Waals surface area contributed by atoms with Crippen molar-refractivity contribution in [2.24, 2.45) is 4.99 Å². The topological polar surface area (TPSA) is 85.6 Å². The van der Waals surface area contributed by atoms with E-state index in [1.165, 1.54) is 0 Å². The SMILES string of the molecule is CCNC(=NCc1ccc(OC)cc1OC)NCc1nncn1CC.I. The molecule has 0 spiro atoms. The Morgan fingerprint density at radius 2 is 2.00 bits per heavy atom. The first-order valence-electron chi connectivity index (χ1n) is 8.31. The summed E-state index contributed by atoms with van der Waals surface area (Å²) in [5.41, 5.74) is 0.984. The minimum absolute atomic E-state index is 0. The van der Waals surface area contributed by atoms with E-state index in [1.807, 2.05) is 29.7 Å². The van der Waals surface area contributed by atoms with Crippen LogP contribution < -0.4 is 20.1 Å². The Bertz CT molecular complexity index is 704. The molecule has 1 aromatic carbocycles. The van der Waals surface area contributed by atoms with Crippen LogP contribution in [0.2, 0.25) is 0 Å². The number of aliphatic imine (C=N–C) groups is 1. The summed E-state index contributed by atoms with van der Waals surface area (Å²) >= 11 is 0. The van der Waals surface area contributed by atoms with Gasteiger partial charge in [-0.05, 0) is 26.0 Å². The van der Waals surface area contributed by atoms with E-state index in [9.17, 15) is 0 Å². The number of guanidine groups is 1. The molecule has 1 heterocycles. The van der Waals surface area contributed by atoms with Crippen LogP contribution in [-0.4, -0.2) is 41.5 Å². The number of benzene rings is 1. The first-order valence-corrected chi connectivity index (χ1v) is 8.31. The van der Waals surface area contributed by atoms with Gasteiger partial charge in [-0.1, -0.05) is 0 Å². The molecule has 0 saturated carbocycles. The Balaban J connectivity index is 0.00000338. The minimum Gasteiger partial charge on any atom is -0.497 e. The van der Waals surface area contributed by atoms with Gasteiger partial charge >= 0.3 is 0 Å². The van der Waals surface area contributed by atoms with Crippen molar-refractivity contribution in [2.45, 2.75) is 33.5 Å². The van der Waals surface area contributed by atoms with E-state index >= 15 is 0 Å². The average Bonchev–Trinajstić information content (AvgIpc) is 3.11. The van der Waals surface area contributed by atoms with Crippen LogP contribution in [0.1, 0.15) is 25.2 Å². The van der Waals surface area contributed by atoms with Crippen LogP contribution in [0.15, 0.2) is 29.5 Å². The molecule has 2 aromatic rings. The van der Waals surface area contributed by atoms with E-state index in [1.54, 1.807) is 20.5 Å². The summed E-state index contributed by atoms with van der Waals surface area (Å²) in [6.07, 6.45) is 1.73. The quantitative estimate of drug-likeness (QED) is 0.347. The molecular formula is C17H27IN6O2. The van der Waals surface area contributed by atoms with Crippen molar-refractivity contribution in [2.75, 3.05) is 20.8 Å². The Labute approximate surface area is 171 Å². The Hall–Kier alpha value is -2.04. The van der Waals surface area contributed by atoms with Crippen molar-refractivity contribution in [1.82, 2.24) is 25.4 Å². The summed E-state index contributed by atoms with van der Waals surface area (Å²) in [4.78, 5) is 4.62. The van der Waals surface area contributed by atoms with Gasteiger partial charge in [0.25, 0.3) is 0 Å². The van der Waals surface area contributed by atoms with Gasteiger partial charge in [0.15, 0.2) is 11.8 Å². The van der Waals surface area contributed by atoms with E-state index in [4.69, 9.17) is 9.47 Å². The molecule has 0 saturated heterocycles. The van der Waals surface area contributed by atoms with E-state index in [0.717, 1.165) is 36.0 Å². The van der Waals surface area contributed by atoms with Gasteiger partial charge in [0.2, 0.25) is 0 Å². The number of hydrogen-bond acceptors (Lipinski definition) is 5. The molecule has 0 radical (unpaired) electrons. The predicted octanol–water partition coefficient (Wildman–Crippen LogP) is 2.19. The number of aromatic nitrogens is 3. The van der Waals surface area contributed by atoms with Gasteiger partial charge in [-0.2, -0.15) is 0 Å². The lowest BCUT2D eigenvalue weighted by Crippen LogP contribution is -2.37. The van der Waals surface area contributed by atoms with Crippen LogP contribution in [-0.2, 0) is 19.6 Å². The Morgan fingerprint density at radius 1 is 1.19 bits per heavy atom. The summed E-state index contributed by atoms with van der Waals surface area (Å²) in [6.45, 7) is 6.73. The van der Waals surface area contributed by atoms with Gasteiger partial charge in [-0.3, -0.25) is 0 Å². The maximum absolute atomic E-state index is 5.42. The molecule has 0 fully saturated rings. The number of halogens is 1. The molecular weight excluding hydrogens is 447 g/mol. The fourth-order valence-electron chi connectivity index (χ4n) is 2.33. The largest absolute Gasteiger partial charge is 0.497 e. The molecule has 2 rings (SSSR count). The minimum atomic E-state index is 0. The first kappa shape index (κ1) is 22.0. The predicted molar refractivity (Wildman–Crippen MR) is 112 cm³/mol. The third kappa shape index (κ3) is 6.04. The number of nitrogens with zero attached hydrogens (tertiary/aromatic N) is 4. The van der Waals surface area contributed by atoms with E-state index in [-0.39, 0.29) is 24.0 Å². The zero-order valence-electron chi connectivity index (χ0n) is 15.7. The molecule has 0 aliphatic heterocycles. The van der Waals surface area contributed by atoms with Crippen LogP contribution in [0.5, 0.6) is 11.5 Å². The Kier molecular flexibility index (Phi) is 9.78. The summed E-state index contributed by atoms with van der Waals surface area (Å²) < 4.78 is 12.6. The lowest BCUT2D eigenvalue weighted by atomic mass is 10.2. The molecule has 144 valence electrons. The van der Waals surface area contributed by atoms with Gasteiger partial charge in [0.05, 0.1) is 27.3 Å². The lowest BCUT2D eigenvalue weighted by molar-refractivity contribution is 0.391. The standard InChI is InChI=1S/C17H26N6O2.HI/c1-5-18-17(20-11-16-22-21-12-23(16)6-2)19-10-13-7-8-14(24-3)9-15(13)25-4;/h7-9,12H,5-6,10-11H2,1-4H3,(H2,18,19,20);1H. The maximum Gasteiger partial charge on any atom is 0.191 e. The second kappa shape index (κ2) is 11.6. The highest BCUT2D eigenvalue weighted by Gasteiger charge is 2.07. The van der Waals surface area contributed by atoms with Crippen molar-refractivity contribution < 1.29 is 9.47 Å². The Morgan fingerprint density at radius 3 is 2.65 bits per heavy atom. The van der Waals surface area contributed by atoms with Gasteiger partial charge in [-0.25, -0.2) is 4.99 Å². The smallest absolute Gasteiger partial charge is 0.191 e. The van der Waals surface area contributed by atoms with E-state index in [2.05, 4.69) is 32.7 Å². The van der Waals surface area contributed by atoms with Crippen molar-refractivity contribution in [3.8, 4) is 11.5 Å². The van der Waals surface area contributed by atoms with Gasteiger partial charge in [-0.15, -0.1) is 34.2 Å². The monoisotopic (exact) mass is 474 g/mol. The average molecular weight is 474 g/mol. The van der Waals surface area contributed by atoms with Gasteiger partial charge in [0.1, 0.15) is 17.8 Å². The molecule has 0 aliphatic rings. The molecule has 2 N–H and O–H groups in total. The number of hydrogen-bond donors (Lipinski definition) is 2. The molecule has 8 nitrogen and oxygen atoms in total. The summed E-state index contributed by atoms with van der Waals surface area (Å²) in [6, 6.07) is 5.71. The van der Waals surface area contributed by atoms with Gasteiger partial charge in [0, 0.05) is 24.7 Å². The van der Waals surface area contributed by atoms with Crippen LogP contribution in [0.4, 0.5) is 0 Å². The molecule has 26 heavy (non-hydrogen) atoms. The van der Waals surface area contributed by atoms with Crippen molar-refractivity contribution in [3.63, 3.8) is 0 Å². The van der Waals surface area contributed by atoms with Crippen molar-refractivity contribution >= 4 is 29.9 Å². The summed E-state index contributed by atoms with van der Waals surface area (Å²) in [5, 5.41) is 14.6. The highest BCUT2D eigenvalue weighted by Crippen LogP contribution is 2.25. The second-order valence-corrected chi connectivity index (χ2v) is 5.26. The molecule has 1 aromatic heterocycles. The molecule has 0 atom stereocenters. The first-order chi connectivity index (χ1) is 12.2. The van der Waals surface area contributed by atoms with E-state index in [0.29, 0.717) is 19.0 Å². The third-order valence-corrected chi connectivity index (χ3v) is 3.70. The van der Waals surface area contributed by atoms with E-state index < -0.39 is 0 Å². The van der Waals surface area contributed by atoms with Gasteiger partial charge < -0.3 is 24.7 Å². The van der Waals surface area contributed by atoms with Crippen LogP contribution >= 0.6 is 24.0 Å². The van der Waals surface area contributed by atoms with Crippen LogP contribution in [0.3, 0.4) is 0 Å². The fraction of sp³-hybridized carbons (Fsp3) is 0.471. The molecule has 0 bridgehead atoms. The number of methoxy groups -OCH3 is 2. The summed E-state index contributed by atoms with van der Waals surface area (Å²) in [5.74, 6) is 3.10. The second-order valence-electron chi connectivity index (χ2n) is 5.26. The fourth-order valence-corrected chi connectivity index (χ4v) is 2.33. The van der Waals surface area contributed by atoms with Crippen molar-refractivity contribution in [1.29, 1.82) is 0 Å². The number of aryl methyl sites for hydroxylation is 1. The zero-order valence-corrected chi connectivity index (χ0v) is 18.0.